The van der Waals surface area contributed by atoms with E-state index in [1.165, 1.54) is 0 Å². The van der Waals surface area contributed by atoms with E-state index in [1.54, 1.807) is 0 Å². The first-order chi connectivity index (χ1) is 9.24. The molecule has 0 aromatic heterocycles. The number of hydrogen-bond acceptors (Lipinski definition) is 4. The summed E-state index contributed by atoms with van der Waals surface area (Å²) < 4.78 is 5.65. The molecule has 0 radical (unpaired) electrons. The van der Waals surface area contributed by atoms with Crippen LogP contribution >= 0.6 is 0 Å². The zero-order valence-corrected chi connectivity index (χ0v) is 10.7. The summed E-state index contributed by atoms with van der Waals surface area (Å²) in [7, 11) is 0. The maximum atomic E-state index is 9.64. The molecule has 98 valence electrons. The molecule has 1 aliphatic rings. The highest BCUT2D eigenvalue weighted by atomic mass is 16.5. The summed E-state index contributed by atoms with van der Waals surface area (Å²) in [4.78, 5) is 2.71. The van der Waals surface area contributed by atoms with E-state index in [0.717, 1.165) is 11.3 Å². The van der Waals surface area contributed by atoms with E-state index >= 15 is 0 Å². The molecule has 2 unspecified atom stereocenters. The van der Waals surface area contributed by atoms with Crippen molar-refractivity contribution in [1.82, 2.24) is 5.32 Å². The van der Waals surface area contributed by atoms with Crippen molar-refractivity contribution in [2.45, 2.75) is 12.5 Å². The lowest BCUT2D eigenvalue weighted by atomic mass is 9.78. The van der Waals surface area contributed by atoms with Crippen LogP contribution in [0.4, 0.5) is 0 Å². The molecule has 0 bridgehead atoms. The van der Waals surface area contributed by atoms with Gasteiger partial charge in [0.05, 0.1) is 12.7 Å². The molecule has 1 heterocycles. The Kier molecular flexibility index (Phi) is 3.91. The summed E-state index contributed by atoms with van der Waals surface area (Å²) in [6.45, 7) is 3.23. The number of rotatable bonds is 4. The summed E-state index contributed by atoms with van der Waals surface area (Å²) in [5.41, 5.74) is 8.33. The van der Waals surface area contributed by atoms with Crippen LogP contribution in [0.2, 0.25) is 0 Å². The second kappa shape index (κ2) is 5.61. The van der Waals surface area contributed by atoms with Crippen LogP contribution in [0.25, 0.3) is 10.4 Å². The Morgan fingerprint density at radius 2 is 2.42 bits per heavy atom. The molecule has 0 spiro atoms. The molecule has 6 nitrogen and oxygen atoms in total. The second-order valence-electron chi connectivity index (χ2n) is 4.51. The molecule has 1 aliphatic heterocycles. The molecule has 1 aromatic carbocycles. The van der Waals surface area contributed by atoms with Crippen LogP contribution in [0.5, 0.6) is 5.75 Å². The van der Waals surface area contributed by atoms with E-state index in [0.29, 0.717) is 19.7 Å². The van der Waals surface area contributed by atoms with Crippen LogP contribution < -0.4 is 10.1 Å². The monoisotopic (exact) mass is 257 g/mol. The van der Waals surface area contributed by atoms with Gasteiger partial charge in [-0.05, 0) is 11.6 Å². The van der Waals surface area contributed by atoms with Crippen molar-refractivity contribution in [2.24, 2.45) is 11.0 Å². The minimum Gasteiger partial charge on any atom is -0.493 e. The van der Waals surface area contributed by atoms with E-state index in [-0.39, 0.29) is 5.92 Å². The maximum Gasteiger partial charge on any atom is 0.141 e. The van der Waals surface area contributed by atoms with E-state index in [2.05, 4.69) is 21.4 Å². The Labute approximate surface area is 111 Å². The van der Waals surface area contributed by atoms with Gasteiger partial charge in [-0.15, -0.1) is 0 Å². The molecule has 0 aliphatic carbocycles. The third-order valence-electron chi connectivity index (χ3n) is 3.40. The van der Waals surface area contributed by atoms with Gasteiger partial charge in [0, 0.05) is 29.5 Å². The number of ether oxygens (including phenoxy) is 1. The van der Waals surface area contributed by atoms with Gasteiger partial charge < -0.3 is 4.74 Å². The van der Waals surface area contributed by atoms with E-state index in [1.807, 2.05) is 31.2 Å². The molecule has 2 atom stereocenters. The van der Waals surface area contributed by atoms with Gasteiger partial charge in [0.2, 0.25) is 0 Å². The van der Waals surface area contributed by atoms with Gasteiger partial charge in [-0.1, -0.05) is 30.2 Å². The second-order valence-corrected chi connectivity index (χ2v) is 4.51. The molecule has 0 amide bonds. The SMILES string of the molecule is CC1COc2ccccc2C1(C#N)NCCN=[N+]=[N-]. The van der Waals surface area contributed by atoms with Gasteiger partial charge >= 0.3 is 0 Å². The predicted octanol–water partition coefficient (Wildman–Crippen LogP) is 2.33. The number of nitrogens with zero attached hydrogens (tertiary/aromatic N) is 4. The minimum absolute atomic E-state index is 0.0125. The average molecular weight is 257 g/mol. The number of nitrogens with one attached hydrogen (secondary N) is 1. The Morgan fingerprint density at radius 1 is 1.63 bits per heavy atom. The highest BCUT2D eigenvalue weighted by molar-refractivity contribution is 5.45. The standard InChI is InChI=1S/C13H15N5O/c1-10-8-19-12-5-3-2-4-11(12)13(10,9-14)16-6-7-17-18-15/h2-5,10,16H,6-8H2,1H3. The number of hydrogen-bond donors (Lipinski definition) is 1. The lowest BCUT2D eigenvalue weighted by Crippen LogP contribution is -2.51. The molecular formula is C13H15N5O. The van der Waals surface area contributed by atoms with Crippen molar-refractivity contribution < 1.29 is 4.74 Å². The normalized spacial score (nSPS) is 24.5. The fraction of sp³-hybridized carbons (Fsp3) is 0.462. The van der Waals surface area contributed by atoms with Gasteiger partial charge in [0.25, 0.3) is 0 Å². The van der Waals surface area contributed by atoms with Crippen molar-refractivity contribution in [1.29, 1.82) is 5.26 Å². The third kappa shape index (κ3) is 2.34. The summed E-state index contributed by atoms with van der Waals surface area (Å²) >= 11 is 0. The first-order valence-corrected chi connectivity index (χ1v) is 6.14. The van der Waals surface area contributed by atoms with Gasteiger partial charge in [0.1, 0.15) is 11.3 Å². The molecule has 0 fully saturated rings. The molecule has 19 heavy (non-hydrogen) atoms. The fourth-order valence-electron chi connectivity index (χ4n) is 2.35. The quantitative estimate of drug-likeness (QED) is 0.388. The van der Waals surface area contributed by atoms with Crippen LogP contribution in [-0.2, 0) is 5.54 Å². The molecule has 6 heteroatoms. The first kappa shape index (κ1) is 13.2. The summed E-state index contributed by atoms with van der Waals surface area (Å²) in [5, 5.41) is 16.3. The number of nitriles is 1. The molecule has 0 saturated heterocycles. The van der Waals surface area contributed by atoms with Crippen molar-refractivity contribution >= 4 is 0 Å². The summed E-state index contributed by atoms with van der Waals surface area (Å²) in [6.07, 6.45) is 0. The summed E-state index contributed by atoms with van der Waals surface area (Å²) in [5.74, 6) is 0.747. The number of benzene rings is 1. The van der Waals surface area contributed by atoms with E-state index in [4.69, 9.17) is 10.3 Å². The van der Waals surface area contributed by atoms with Gasteiger partial charge in [-0.25, -0.2) is 0 Å². The topological polar surface area (TPSA) is 93.8 Å². The smallest absolute Gasteiger partial charge is 0.141 e. The van der Waals surface area contributed by atoms with Gasteiger partial charge in [0.15, 0.2) is 0 Å². The fourth-order valence-corrected chi connectivity index (χ4v) is 2.35. The highest BCUT2D eigenvalue weighted by Gasteiger charge is 2.43. The number of azide groups is 1. The molecule has 2 rings (SSSR count). The maximum absolute atomic E-state index is 9.64. The number of para-hydroxylation sites is 1. The first-order valence-electron chi connectivity index (χ1n) is 6.14. The predicted molar refractivity (Wildman–Crippen MR) is 70.4 cm³/mol. The highest BCUT2D eigenvalue weighted by Crippen LogP contribution is 2.39. The van der Waals surface area contributed by atoms with E-state index < -0.39 is 5.54 Å². The Balaban J connectivity index is 2.32. The molecular weight excluding hydrogens is 242 g/mol. The lowest BCUT2D eigenvalue weighted by Gasteiger charge is -2.39. The van der Waals surface area contributed by atoms with Gasteiger partial charge in [-0.3, -0.25) is 5.32 Å². The zero-order chi connectivity index (χ0) is 13.7. The molecule has 1 aromatic rings. The van der Waals surface area contributed by atoms with E-state index in [9.17, 15) is 5.26 Å². The zero-order valence-electron chi connectivity index (χ0n) is 10.7. The molecule has 0 saturated carbocycles. The Bertz CT molecular complexity index is 546. The van der Waals surface area contributed by atoms with Crippen LogP contribution in [0.3, 0.4) is 0 Å². The lowest BCUT2D eigenvalue weighted by molar-refractivity contribution is 0.151. The Hall–Kier alpha value is -2.22. The minimum atomic E-state index is -0.792. The Morgan fingerprint density at radius 3 is 3.16 bits per heavy atom. The third-order valence-corrected chi connectivity index (χ3v) is 3.40. The van der Waals surface area contributed by atoms with Gasteiger partial charge in [-0.2, -0.15) is 5.26 Å². The van der Waals surface area contributed by atoms with Crippen LogP contribution in [0.1, 0.15) is 12.5 Å². The van der Waals surface area contributed by atoms with Crippen LogP contribution in [0.15, 0.2) is 29.4 Å². The molecule has 1 N–H and O–H groups in total. The van der Waals surface area contributed by atoms with Crippen molar-refractivity contribution in [2.75, 3.05) is 19.7 Å². The summed E-state index contributed by atoms with van der Waals surface area (Å²) in [6, 6.07) is 9.91. The number of fused-ring (bicyclic) bond motifs is 1. The average Bonchev–Trinajstić information content (AvgIpc) is 2.46. The van der Waals surface area contributed by atoms with Crippen LogP contribution in [-0.4, -0.2) is 19.7 Å². The largest absolute Gasteiger partial charge is 0.493 e. The van der Waals surface area contributed by atoms with Crippen LogP contribution in [0, 0.1) is 17.2 Å². The van der Waals surface area contributed by atoms with Crippen molar-refractivity contribution in [3.63, 3.8) is 0 Å². The van der Waals surface area contributed by atoms with Crippen molar-refractivity contribution in [3.05, 3.63) is 40.3 Å². The van der Waals surface area contributed by atoms with Crippen molar-refractivity contribution in [3.8, 4) is 11.8 Å².